The SMILES string of the molecule is c1ccc(C2(c3ccccc3)c3ccccc3-c3ccc(N(c4ccc5c(c4)-n4c6ccccc6c6cccc(c64)C54c5ccccc5-c5ccccc54)c4ccc5c(c4)C4(c6ccccc6-c6ccccc64)c4ccccc4-5)cc32)cc1. The summed E-state index contributed by atoms with van der Waals surface area (Å²) in [5, 5.41) is 2.52. The number of fused-ring (bicyclic) bond motifs is 25. The number of nitrogens with zero attached hydrogens (tertiary/aromatic N) is 2. The molecule has 2 spiro atoms. The molecule has 13 aromatic carbocycles. The molecule has 19 rings (SSSR count). The Balaban J connectivity index is 0.932. The quantitative estimate of drug-likeness (QED) is 0.167. The molecule has 1 aliphatic heterocycles. The summed E-state index contributed by atoms with van der Waals surface area (Å²) in [4.78, 5) is 2.58. The number of benzene rings is 13. The van der Waals surface area contributed by atoms with Crippen molar-refractivity contribution in [3.63, 3.8) is 0 Å². The zero-order chi connectivity index (χ0) is 54.2. The van der Waals surface area contributed by atoms with E-state index in [0.29, 0.717) is 0 Å². The maximum atomic E-state index is 2.60. The number of aromatic nitrogens is 1. The zero-order valence-electron chi connectivity index (χ0n) is 45.3. The number of para-hydroxylation sites is 2. The smallest absolute Gasteiger partial charge is 0.0754 e. The van der Waals surface area contributed by atoms with E-state index in [2.05, 4.69) is 313 Å². The van der Waals surface area contributed by atoms with Crippen molar-refractivity contribution in [3.05, 3.63) is 370 Å². The van der Waals surface area contributed by atoms with Crippen LogP contribution in [0.4, 0.5) is 17.1 Å². The maximum Gasteiger partial charge on any atom is 0.0754 e. The van der Waals surface area contributed by atoms with Gasteiger partial charge in [0, 0.05) is 27.8 Å². The molecule has 0 fully saturated rings. The molecule has 0 N–H and O–H groups in total. The molecule has 0 saturated carbocycles. The summed E-state index contributed by atoms with van der Waals surface area (Å²) < 4.78 is 2.60. The third-order valence-corrected chi connectivity index (χ3v) is 19.9. The average Bonchev–Trinajstić information content (AvgIpc) is 1.80. The van der Waals surface area contributed by atoms with Gasteiger partial charge in [-0.05, 0) is 154 Å². The summed E-state index contributed by atoms with van der Waals surface area (Å²) in [7, 11) is 0. The van der Waals surface area contributed by atoms with Crippen LogP contribution >= 0.6 is 0 Å². The first-order valence-electron chi connectivity index (χ1n) is 29.2. The van der Waals surface area contributed by atoms with Crippen molar-refractivity contribution in [1.29, 1.82) is 0 Å². The highest BCUT2D eigenvalue weighted by atomic mass is 15.1. The summed E-state index contributed by atoms with van der Waals surface area (Å²) in [6, 6.07) is 116. The van der Waals surface area contributed by atoms with Crippen molar-refractivity contribution in [3.8, 4) is 50.2 Å². The second-order valence-electron chi connectivity index (χ2n) is 23.3. The van der Waals surface area contributed by atoms with Gasteiger partial charge in [-0.2, -0.15) is 0 Å². The Bertz CT molecular complexity index is 4860. The Morgan fingerprint density at radius 3 is 1.07 bits per heavy atom. The Kier molecular flexibility index (Phi) is 8.89. The van der Waals surface area contributed by atoms with Crippen LogP contribution in [0.25, 0.3) is 72.0 Å². The lowest BCUT2D eigenvalue weighted by atomic mass is 9.65. The summed E-state index contributed by atoms with van der Waals surface area (Å²) in [5.41, 5.74) is 31.1. The molecule has 0 atom stereocenters. The van der Waals surface area contributed by atoms with Crippen molar-refractivity contribution in [2.24, 2.45) is 0 Å². The highest BCUT2D eigenvalue weighted by molar-refractivity contribution is 6.13. The number of hydrogen-bond acceptors (Lipinski definition) is 1. The van der Waals surface area contributed by atoms with Gasteiger partial charge in [0.15, 0.2) is 0 Å². The molecule has 0 radical (unpaired) electrons. The van der Waals surface area contributed by atoms with E-state index in [4.69, 9.17) is 0 Å². The minimum absolute atomic E-state index is 0.527. The summed E-state index contributed by atoms with van der Waals surface area (Å²) in [6.07, 6.45) is 0. The van der Waals surface area contributed by atoms with E-state index in [1.807, 2.05) is 0 Å². The number of hydrogen-bond donors (Lipinski definition) is 0. The van der Waals surface area contributed by atoms with Crippen LogP contribution in [0.5, 0.6) is 0 Å². The molecule has 2 nitrogen and oxygen atoms in total. The monoisotopic (exact) mass is 1050 g/mol. The van der Waals surface area contributed by atoms with Gasteiger partial charge in [-0.1, -0.05) is 261 Å². The van der Waals surface area contributed by atoms with Crippen LogP contribution in [-0.2, 0) is 16.2 Å². The predicted octanol–water partition coefficient (Wildman–Crippen LogP) is 19.6. The molecule has 83 heavy (non-hydrogen) atoms. The minimum atomic E-state index is -0.595. The van der Waals surface area contributed by atoms with Gasteiger partial charge in [0.25, 0.3) is 0 Å². The first-order chi connectivity index (χ1) is 41.2. The highest BCUT2D eigenvalue weighted by Gasteiger charge is 2.54. The first-order valence-corrected chi connectivity index (χ1v) is 29.2. The maximum absolute atomic E-state index is 2.60. The molecule has 2 heterocycles. The van der Waals surface area contributed by atoms with E-state index in [9.17, 15) is 0 Å². The van der Waals surface area contributed by atoms with E-state index < -0.39 is 16.2 Å². The van der Waals surface area contributed by atoms with Gasteiger partial charge in [0.1, 0.15) is 0 Å². The van der Waals surface area contributed by atoms with Gasteiger partial charge in [-0.15, -0.1) is 0 Å². The topological polar surface area (TPSA) is 8.17 Å². The van der Waals surface area contributed by atoms with Crippen LogP contribution in [0.1, 0.15) is 66.8 Å². The second-order valence-corrected chi connectivity index (χ2v) is 23.3. The summed E-state index contributed by atoms with van der Waals surface area (Å²) >= 11 is 0. The lowest BCUT2D eigenvalue weighted by Crippen LogP contribution is -2.33. The van der Waals surface area contributed by atoms with E-state index in [0.717, 1.165) is 17.1 Å². The summed E-state index contributed by atoms with van der Waals surface area (Å²) in [6.45, 7) is 0. The Hall–Kier alpha value is -10.5. The minimum Gasteiger partial charge on any atom is -0.310 e. The fraction of sp³-hybridized carbons (Fsp3) is 0.0370. The Morgan fingerprint density at radius 1 is 0.229 bits per heavy atom. The summed E-state index contributed by atoms with van der Waals surface area (Å²) in [5.74, 6) is 0. The van der Waals surface area contributed by atoms with Gasteiger partial charge in [0.05, 0.1) is 33.0 Å². The van der Waals surface area contributed by atoms with E-state index in [-0.39, 0.29) is 0 Å². The molecule has 384 valence electrons. The molecule has 2 heteroatoms. The van der Waals surface area contributed by atoms with Crippen molar-refractivity contribution >= 4 is 38.9 Å². The fourth-order valence-corrected chi connectivity index (χ4v) is 16.9. The van der Waals surface area contributed by atoms with Gasteiger partial charge in [-0.25, -0.2) is 0 Å². The molecule has 14 aromatic rings. The van der Waals surface area contributed by atoms with Crippen molar-refractivity contribution in [2.45, 2.75) is 16.2 Å². The molecular formula is C81H50N2. The predicted molar refractivity (Wildman–Crippen MR) is 340 cm³/mol. The average molecular weight is 1050 g/mol. The van der Waals surface area contributed by atoms with Crippen molar-refractivity contribution in [2.75, 3.05) is 4.90 Å². The third kappa shape index (κ3) is 5.45. The standard InChI is InChI=1S/C81H50N2/c1-3-22-51(23-4-1)79(52-24-5-2-6-25-52)66-34-14-7-30-60(66)62-45-42-53(48-74(62)79)82(54-43-46-63-61-31-12-17-37-69(61)80(75(63)49-54)67-35-15-8-26-56(67)57-27-9-16-36-68(57)80)55-44-47-72-77(50-55)83-76-41-20-13-32-64(76)65-33-21-40-73(78(65)83)81(72)70-38-18-10-28-58(70)59-29-11-19-39-71(59)81/h1-50H. The number of anilines is 3. The van der Waals surface area contributed by atoms with Crippen LogP contribution in [0.2, 0.25) is 0 Å². The second kappa shape index (κ2) is 16.3. The van der Waals surface area contributed by atoms with Crippen LogP contribution in [0, 0.1) is 0 Å². The molecule has 5 aliphatic rings. The zero-order valence-corrected chi connectivity index (χ0v) is 45.3. The molecule has 0 unspecified atom stereocenters. The van der Waals surface area contributed by atoms with Crippen molar-refractivity contribution < 1.29 is 0 Å². The fourth-order valence-electron chi connectivity index (χ4n) is 16.9. The Labute approximate surface area is 482 Å². The van der Waals surface area contributed by atoms with Crippen LogP contribution in [0.3, 0.4) is 0 Å². The number of rotatable bonds is 5. The first kappa shape index (κ1) is 45.2. The normalized spacial score (nSPS) is 14.8. The highest BCUT2D eigenvalue weighted by Crippen LogP contribution is 2.65. The molecular weight excluding hydrogens is 1000 g/mol. The van der Waals surface area contributed by atoms with Crippen LogP contribution in [0.15, 0.2) is 303 Å². The molecule has 4 aliphatic carbocycles. The van der Waals surface area contributed by atoms with E-state index in [1.165, 1.54) is 139 Å². The lowest BCUT2D eigenvalue weighted by molar-refractivity contribution is 0.748. The van der Waals surface area contributed by atoms with Crippen LogP contribution < -0.4 is 4.90 Å². The molecule has 0 saturated heterocycles. The molecule has 1 aromatic heterocycles. The van der Waals surface area contributed by atoms with E-state index in [1.54, 1.807) is 0 Å². The van der Waals surface area contributed by atoms with Gasteiger partial charge >= 0.3 is 0 Å². The van der Waals surface area contributed by atoms with Crippen molar-refractivity contribution in [1.82, 2.24) is 4.57 Å². The Morgan fingerprint density at radius 2 is 0.578 bits per heavy atom. The molecule has 0 bridgehead atoms. The van der Waals surface area contributed by atoms with E-state index >= 15 is 0 Å². The van der Waals surface area contributed by atoms with Gasteiger partial charge in [-0.3, -0.25) is 0 Å². The molecule has 0 amide bonds. The third-order valence-electron chi connectivity index (χ3n) is 19.9. The largest absolute Gasteiger partial charge is 0.310 e. The van der Waals surface area contributed by atoms with Gasteiger partial charge in [0.2, 0.25) is 0 Å². The lowest BCUT2D eigenvalue weighted by Gasteiger charge is -2.40. The van der Waals surface area contributed by atoms with Crippen LogP contribution in [-0.4, -0.2) is 4.57 Å². The van der Waals surface area contributed by atoms with Gasteiger partial charge < -0.3 is 9.47 Å².